The van der Waals surface area contributed by atoms with Crippen LogP contribution in [0.4, 0.5) is 0 Å². The van der Waals surface area contributed by atoms with Gasteiger partial charge in [-0.05, 0) is 37.6 Å². The van der Waals surface area contributed by atoms with Crippen molar-refractivity contribution in [1.29, 1.82) is 0 Å². The molecule has 128 valence electrons. The van der Waals surface area contributed by atoms with Crippen LogP contribution in [-0.2, 0) is 6.54 Å². The van der Waals surface area contributed by atoms with Crippen molar-refractivity contribution >= 4 is 40.4 Å². The first-order valence-corrected chi connectivity index (χ1v) is 9.28. The molecule has 0 aliphatic heterocycles. The molecule has 0 atom stereocenters. The highest BCUT2D eigenvalue weighted by Crippen LogP contribution is 2.30. The zero-order valence-corrected chi connectivity index (χ0v) is 16.1. The molecule has 0 spiro atoms. The van der Waals surface area contributed by atoms with Crippen molar-refractivity contribution < 1.29 is 4.79 Å². The van der Waals surface area contributed by atoms with Gasteiger partial charge >= 0.3 is 0 Å². The minimum absolute atomic E-state index is 0.213. The van der Waals surface area contributed by atoms with Gasteiger partial charge in [-0.25, -0.2) is 4.98 Å². The molecule has 0 saturated heterocycles. The quantitative estimate of drug-likeness (QED) is 0.623. The molecule has 1 aromatic heterocycles. The number of benzene rings is 2. The zero-order chi connectivity index (χ0) is 18.0. The van der Waals surface area contributed by atoms with Crippen LogP contribution in [0, 0.1) is 13.8 Å². The molecular formula is C19H16Cl2N2OS. The Hall–Kier alpha value is -1.88. The molecule has 25 heavy (non-hydrogen) atoms. The van der Waals surface area contributed by atoms with Crippen LogP contribution in [0.3, 0.4) is 0 Å². The minimum Gasteiger partial charge on any atom is -0.347 e. The van der Waals surface area contributed by atoms with Crippen LogP contribution >= 0.6 is 34.5 Å². The summed E-state index contributed by atoms with van der Waals surface area (Å²) in [4.78, 5) is 18.0. The van der Waals surface area contributed by atoms with Gasteiger partial charge in [-0.2, -0.15) is 0 Å². The summed E-state index contributed by atoms with van der Waals surface area (Å²) in [7, 11) is 0. The third kappa shape index (κ3) is 4.21. The first kappa shape index (κ1) is 17.9. The third-order valence-electron chi connectivity index (χ3n) is 3.80. The summed E-state index contributed by atoms with van der Waals surface area (Å²) in [6, 6.07) is 12.9. The van der Waals surface area contributed by atoms with Crippen LogP contribution in [-0.4, -0.2) is 10.9 Å². The van der Waals surface area contributed by atoms with Crippen molar-refractivity contribution in [3.8, 4) is 10.6 Å². The molecule has 6 heteroatoms. The molecule has 0 aliphatic carbocycles. The number of aromatic nitrogens is 1. The van der Waals surface area contributed by atoms with Gasteiger partial charge in [-0.1, -0.05) is 47.5 Å². The highest BCUT2D eigenvalue weighted by molar-refractivity contribution is 7.15. The van der Waals surface area contributed by atoms with Crippen LogP contribution in [0.2, 0.25) is 10.0 Å². The van der Waals surface area contributed by atoms with Crippen LogP contribution in [0.1, 0.15) is 26.5 Å². The second-order valence-electron chi connectivity index (χ2n) is 5.68. The van der Waals surface area contributed by atoms with Gasteiger partial charge < -0.3 is 5.32 Å². The van der Waals surface area contributed by atoms with E-state index in [1.54, 1.807) is 29.5 Å². The number of halogens is 2. The summed E-state index contributed by atoms with van der Waals surface area (Å²) in [5, 5.41) is 4.74. The molecule has 0 unspecified atom stereocenters. The highest BCUT2D eigenvalue weighted by atomic mass is 35.5. The zero-order valence-electron chi connectivity index (χ0n) is 13.8. The minimum atomic E-state index is -0.213. The Morgan fingerprint density at radius 3 is 2.48 bits per heavy atom. The lowest BCUT2D eigenvalue weighted by atomic mass is 10.1. The number of hydrogen-bond acceptors (Lipinski definition) is 3. The van der Waals surface area contributed by atoms with E-state index in [2.05, 4.69) is 29.4 Å². The molecule has 0 fully saturated rings. The summed E-state index contributed by atoms with van der Waals surface area (Å²) in [6.07, 6.45) is 0. The second kappa shape index (κ2) is 7.56. The van der Waals surface area contributed by atoms with Crippen molar-refractivity contribution in [2.45, 2.75) is 20.4 Å². The third-order valence-corrected chi connectivity index (χ3v) is 5.43. The van der Waals surface area contributed by atoms with Crippen molar-refractivity contribution in [1.82, 2.24) is 10.3 Å². The standard InChI is InChI=1S/C19H16Cl2N2OS/c1-11-5-3-4-6-16(11)19-23-12(2)17(25-19)10-22-18(24)13-7-14(20)9-15(21)8-13/h3-9H,10H2,1-2H3,(H,22,24). The molecule has 0 aliphatic rings. The monoisotopic (exact) mass is 390 g/mol. The summed E-state index contributed by atoms with van der Waals surface area (Å²) < 4.78 is 0. The van der Waals surface area contributed by atoms with Gasteiger partial charge in [-0.15, -0.1) is 11.3 Å². The maximum absolute atomic E-state index is 12.3. The van der Waals surface area contributed by atoms with Gasteiger partial charge in [0.25, 0.3) is 5.91 Å². The largest absolute Gasteiger partial charge is 0.347 e. The Labute approximate surface area is 160 Å². The number of carbonyl (C=O) groups excluding carboxylic acids is 1. The van der Waals surface area contributed by atoms with Crippen molar-refractivity contribution in [2.24, 2.45) is 0 Å². The Kier molecular flexibility index (Phi) is 5.42. The fourth-order valence-corrected chi connectivity index (χ4v) is 4.09. The average molecular weight is 391 g/mol. The molecule has 0 radical (unpaired) electrons. The molecule has 1 heterocycles. The molecule has 3 nitrogen and oxygen atoms in total. The van der Waals surface area contributed by atoms with Gasteiger partial charge in [0.1, 0.15) is 5.01 Å². The lowest BCUT2D eigenvalue weighted by Gasteiger charge is -2.05. The fourth-order valence-electron chi connectivity index (χ4n) is 2.47. The van der Waals surface area contributed by atoms with E-state index in [-0.39, 0.29) is 5.91 Å². The van der Waals surface area contributed by atoms with E-state index >= 15 is 0 Å². The van der Waals surface area contributed by atoms with E-state index < -0.39 is 0 Å². The van der Waals surface area contributed by atoms with E-state index in [1.165, 1.54) is 5.56 Å². The van der Waals surface area contributed by atoms with Gasteiger partial charge in [-0.3, -0.25) is 4.79 Å². The van der Waals surface area contributed by atoms with Crippen molar-refractivity contribution in [3.63, 3.8) is 0 Å². The summed E-state index contributed by atoms with van der Waals surface area (Å²) in [5.41, 5.74) is 3.67. The van der Waals surface area contributed by atoms with E-state index in [4.69, 9.17) is 23.2 Å². The maximum Gasteiger partial charge on any atom is 0.251 e. The van der Waals surface area contributed by atoms with Gasteiger partial charge in [0.2, 0.25) is 0 Å². The molecule has 2 aromatic carbocycles. The van der Waals surface area contributed by atoms with E-state index in [0.717, 1.165) is 21.1 Å². The second-order valence-corrected chi connectivity index (χ2v) is 7.64. The van der Waals surface area contributed by atoms with E-state index in [9.17, 15) is 4.79 Å². The average Bonchev–Trinajstić information content (AvgIpc) is 2.93. The first-order chi connectivity index (χ1) is 11.9. The molecule has 3 aromatic rings. The molecular weight excluding hydrogens is 375 g/mol. The first-order valence-electron chi connectivity index (χ1n) is 7.70. The number of rotatable bonds is 4. The Bertz CT molecular complexity index is 917. The summed E-state index contributed by atoms with van der Waals surface area (Å²) in [5.74, 6) is -0.213. The number of carbonyl (C=O) groups is 1. The van der Waals surface area contributed by atoms with Crippen molar-refractivity contribution in [2.75, 3.05) is 0 Å². The number of nitrogens with zero attached hydrogens (tertiary/aromatic N) is 1. The highest BCUT2D eigenvalue weighted by Gasteiger charge is 2.13. The summed E-state index contributed by atoms with van der Waals surface area (Å²) in [6.45, 7) is 4.44. The maximum atomic E-state index is 12.3. The van der Waals surface area contributed by atoms with Gasteiger partial charge in [0.15, 0.2) is 0 Å². The normalized spacial score (nSPS) is 10.7. The predicted molar refractivity (Wildman–Crippen MR) is 105 cm³/mol. The Morgan fingerprint density at radius 1 is 1.12 bits per heavy atom. The number of thiazole rings is 1. The number of hydrogen-bond donors (Lipinski definition) is 1. The van der Waals surface area contributed by atoms with Crippen LogP contribution in [0.25, 0.3) is 10.6 Å². The SMILES string of the molecule is Cc1ccccc1-c1nc(C)c(CNC(=O)c2cc(Cl)cc(Cl)c2)s1. The topological polar surface area (TPSA) is 42.0 Å². The van der Waals surface area contributed by atoms with Gasteiger partial charge in [0, 0.05) is 26.0 Å². The van der Waals surface area contributed by atoms with Crippen LogP contribution < -0.4 is 5.32 Å². The lowest BCUT2D eigenvalue weighted by Crippen LogP contribution is -2.22. The molecule has 0 bridgehead atoms. The fraction of sp³-hybridized carbons (Fsp3) is 0.158. The Morgan fingerprint density at radius 2 is 1.80 bits per heavy atom. The van der Waals surface area contributed by atoms with E-state index in [0.29, 0.717) is 22.2 Å². The predicted octanol–water partition coefficient (Wildman–Crippen LogP) is 5.66. The number of aryl methyl sites for hydroxylation is 2. The number of nitrogens with one attached hydrogen (secondary N) is 1. The smallest absolute Gasteiger partial charge is 0.251 e. The molecule has 1 N–H and O–H groups in total. The Balaban J connectivity index is 1.76. The molecule has 3 rings (SSSR count). The molecule has 1 amide bonds. The number of amides is 1. The van der Waals surface area contributed by atoms with Gasteiger partial charge in [0.05, 0.1) is 12.2 Å². The molecule has 0 saturated carbocycles. The van der Waals surface area contributed by atoms with Crippen molar-refractivity contribution in [3.05, 3.63) is 74.2 Å². The van der Waals surface area contributed by atoms with Crippen LogP contribution in [0.5, 0.6) is 0 Å². The lowest BCUT2D eigenvalue weighted by molar-refractivity contribution is 0.0951. The van der Waals surface area contributed by atoms with E-state index in [1.807, 2.05) is 19.1 Å². The summed E-state index contributed by atoms with van der Waals surface area (Å²) >= 11 is 13.5. The van der Waals surface area contributed by atoms with Crippen LogP contribution in [0.15, 0.2) is 42.5 Å².